The predicted molar refractivity (Wildman–Crippen MR) is 116 cm³/mol. The molecule has 0 amide bonds. The topological polar surface area (TPSA) is 53.4 Å². The summed E-state index contributed by atoms with van der Waals surface area (Å²) in [6.07, 6.45) is 2.57. The standard InChI is InChI=1S/C20H27Cl2N5O/c1-14-4-5-16(12-17(14)21)27-20(28)19(22)18(13-23-27)24-15(2)6-7-26-10-8-25(3)9-11-26/h4-5,12-13,15,24H,6-11H2,1-3H3. The molecule has 0 saturated carbocycles. The summed E-state index contributed by atoms with van der Waals surface area (Å²) in [5, 5.41) is 8.32. The van der Waals surface area contributed by atoms with Crippen LogP contribution >= 0.6 is 23.2 Å². The number of hydrogen-bond acceptors (Lipinski definition) is 5. The monoisotopic (exact) mass is 423 g/mol. The Morgan fingerprint density at radius 1 is 1.21 bits per heavy atom. The molecule has 28 heavy (non-hydrogen) atoms. The highest BCUT2D eigenvalue weighted by molar-refractivity contribution is 6.33. The van der Waals surface area contributed by atoms with Gasteiger partial charge in [-0.05, 0) is 45.0 Å². The van der Waals surface area contributed by atoms with Crippen LogP contribution in [0.4, 0.5) is 5.69 Å². The van der Waals surface area contributed by atoms with Gasteiger partial charge < -0.3 is 15.1 Å². The van der Waals surface area contributed by atoms with E-state index in [1.807, 2.05) is 13.0 Å². The summed E-state index contributed by atoms with van der Waals surface area (Å²) in [4.78, 5) is 17.5. The number of piperazine rings is 1. The van der Waals surface area contributed by atoms with Crippen molar-refractivity contribution in [2.24, 2.45) is 0 Å². The molecule has 1 aliphatic rings. The Balaban J connectivity index is 1.65. The molecule has 0 spiro atoms. The van der Waals surface area contributed by atoms with Gasteiger partial charge in [-0.3, -0.25) is 4.79 Å². The third-order valence-electron chi connectivity index (χ3n) is 5.20. The maximum Gasteiger partial charge on any atom is 0.292 e. The number of likely N-dealkylation sites (N-methyl/N-ethyl adjacent to an activating group) is 1. The molecule has 6 nitrogen and oxygen atoms in total. The fraction of sp³-hybridized carbons (Fsp3) is 0.500. The van der Waals surface area contributed by atoms with E-state index < -0.39 is 0 Å². The van der Waals surface area contributed by atoms with Crippen molar-refractivity contribution in [2.45, 2.75) is 26.3 Å². The molecule has 1 N–H and O–H groups in total. The van der Waals surface area contributed by atoms with Gasteiger partial charge in [0.05, 0.1) is 17.6 Å². The van der Waals surface area contributed by atoms with Gasteiger partial charge in [0.1, 0.15) is 5.02 Å². The number of benzene rings is 1. The zero-order valence-electron chi connectivity index (χ0n) is 16.6. The molecule has 0 radical (unpaired) electrons. The number of aryl methyl sites for hydroxylation is 1. The Kier molecular flexibility index (Phi) is 6.99. The van der Waals surface area contributed by atoms with E-state index in [0.29, 0.717) is 16.4 Å². The average molecular weight is 424 g/mol. The largest absolute Gasteiger partial charge is 0.380 e. The van der Waals surface area contributed by atoms with E-state index >= 15 is 0 Å². The summed E-state index contributed by atoms with van der Waals surface area (Å²) in [6, 6.07) is 5.56. The fourth-order valence-corrected chi connectivity index (χ4v) is 3.57. The van der Waals surface area contributed by atoms with Crippen molar-refractivity contribution in [2.75, 3.05) is 45.1 Å². The van der Waals surface area contributed by atoms with Crippen LogP contribution in [0, 0.1) is 6.92 Å². The highest BCUT2D eigenvalue weighted by atomic mass is 35.5. The fourth-order valence-electron chi connectivity index (χ4n) is 3.22. The molecule has 1 unspecified atom stereocenters. The quantitative estimate of drug-likeness (QED) is 0.772. The van der Waals surface area contributed by atoms with Gasteiger partial charge in [0.25, 0.3) is 5.56 Å². The first-order chi connectivity index (χ1) is 13.3. The van der Waals surface area contributed by atoms with Crippen LogP contribution in [-0.2, 0) is 0 Å². The number of hydrogen-bond donors (Lipinski definition) is 1. The van der Waals surface area contributed by atoms with Crippen LogP contribution in [-0.4, -0.2) is 65.4 Å². The van der Waals surface area contributed by atoms with E-state index in [9.17, 15) is 4.79 Å². The Labute approximate surface area is 176 Å². The van der Waals surface area contributed by atoms with Crippen molar-refractivity contribution >= 4 is 28.9 Å². The maximum absolute atomic E-state index is 12.7. The van der Waals surface area contributed by atoms with Crippen molar-refractivity contribution in [3.8, 4) is 5.69 Å². The molecule has 0 aliphatic carbocycles. The normalized spacial score (nSPS) is 16.9. The van der Waals surface area contributed by atoms with Crippen LogP contribution in [0.1, 0.15) is 18.9 Å². The van der Waals surface area contributed by atoms with Crippen molar-refractivity contribution in [3.63, 3.8) is 0 Å². The second kappa shape index (κ2) is 9.27. The van der Waals surface area contributed by atoms with Crippen LogP contribution in [0.3, 0.4) is 0 Å². The first-order valence-corrected chi connectivity index (χ1v) is 10.3. The van der Waals surface area contributed by atoms with Crippen LogP contribution in [0.2, 0.25) is 10.0 Å². The summed E-state index contributed by atoms with van der Waals surface area (Å²) < 4.78 is 1.27. The third kappa shape index (κ3) is 5.06. The van der Waals surface area contributed by atoms with Gasteiger partial charge in [0, 0.05) is 43.8 Å². The lowest BCUT2D eigenvalue weighted by Gasteiger charge is -2.33. The van der Waals surface area contributed by atoms with Gasteiger partial charge in [-0.1, -0.05) is 29.3 Å². The number of nitrogens with one attached hydrogen (secondary N) is 1. The molecular formula is C20H27Cl2N5O. The van der Waals surface area contributed by atoms with Crippen LogP contribution < -0.4 is 10.9 Å². The SMILES string of the molecule is Cc1ccc(-n2ncc(NC(C)CCN3CCN(C)CC3)c(Cl)c2=O)cc1Cl. The zero-order chi connectivity index (χ0) is 20.3. The van der Waals surface area contributed by atoms with Crippen LogP contribution in [0.25, 0.3) is 5.69 Å². The smallest absolute Gasteiger partial charge is 0.292 e. The Morgan fingerprint density at radius 2 is 1.93 bits per heavy atom. The van der Waals surface area contributed by atoms with E-state index in [1.165, 1.54) is 4.68 Å². The summed E-state index contributed by atoms with van der Waals surface area (Å²) in [5.74, 6) is 0. The average Bonchev–Trinajstić information content (AvgIpc) is 2.67. The Hall–Kier alpha value is -1.60. The zero-order valence-corrected chi connectivity index (χ0v) is 18.1. The van der Waals surface area contributed by atoms with Crippen molar-refractivity contribution in [1.29, 1.82) is 0 Å². The van der Waals surface area contributed by atoms with E-state index in [4.69, 9.17) is 23.2 Å². The molecule has 8 heteroatoms. The third-order valence-corrected chi connectivity index (χ3v) is 5.97. The summed E-state index contributed by atoms with van der Waals surface area (Å²) in [6.45, 7) is 9.44. The minimum atomic E-state index is -0.363. The second-order valence-corrected chi connectivity index (χ2v) is 8.29. The molecular weight excluding hydrogens is 397 g/mol. The predicted octanol–water partition coefficient (Wildman–Crippen LogP) is 3.29. The molecule has 2 heterocycles. The molecule has 1 aromatic heterocycles. The van der Waals surface area contributed by atoms with E-state index in [1.54, 1.807) is 18.3 Å². The highest BCUT2D eigenvalue weighted by Gasteiger charge is 2.16. The number of halogens is 2. The second-order valence-electron chi connectivity index (χ2n) is 7.50. The molecule has 1 atom stereocenters. The molecule has 1 aromatic carbocycles. The first kappa shape index (κ1) is 21.1. The summed E-state index contributed by atoms with van der Waals surface area (Å²) in [5.41, 5.74) is 1.74. The van der Waals surface area contributed by atoms with Gasteiger partial charge in [-0.15, -0.1) is 0 Å². The minimum absolute atomic E-state index is 0.137. The highest BCUT2D eigenvalue weighted by Crippen LogP contribution is 2.21. The van der Waals surface area contributed by atoms with Crippen molar-refractivity contribution in [3.05, 3.63) is 50.4 Å². The van der Waals surface area contributed by atoms with Crippen molar-refractivity contribution < 1.29 is 0 Å². The van der Waals surface area contributed by atoms with E-state index in [2.05, 4.69) is 34.2 Å². The maximum atomic E-state index is 12.7. The van der Waals surface area contributed by atoms with Crippen LogP contribution in [0.15, 0.2) is 29.2 Å². The lowest BCUT2D eigenvalue weighted by Crippen LogP contribution is -2.45. The lowest BCUT2D eigenvalue weighted by atomic mass is 10.2. The summed E-state index contributed by atoms with van der Waals surface area (Å²) in [7, 11) is 2.16. The Bertz CT molecular complexity index is 877. The first-order valence-electron chi connectivity index (χ1n) is 9.57. The van der Waals surface area contributed by atoms with Gasteiger partial charge in [0.15, 0.2) is 0 Å². The Morgan fingerprint density at radius 3 is 2.61 bits per heavy atom. The van der Waals surface area contributed by atoms with Gasteiger partial charge in [-0.25, -0.2) is 0 Å². The van der Waals surface area contributed by atoms with E-state index in [-0.39, 0.29) is 16.6 Å². The number of rotatable bonds is 6. The van der Waals surface area contributed by atoms with E-state index in [0.717, 1.165) is 44.7 Å². The summed E-state index contributed by atoms with van der Waals surface area (Å²) >= 11 is 12.5. The number of aromatic nitrogens is 2. The minimum Gasteiger partial charge on any atom is -0.380 e. The molecule has 1 fully saturated rings. The lowest BCUT2D eigenvalue weighted by molar-refractivity contribution is 0.151. The molecule has 1 aliphatic heterocycles. The molecule has 2 aromatic rings. The molecule has 1 saturated heterocycles. The van der Waals surface area contributed by atoms with Crippen molar-refractivity contribution in [1.82, 2.24) is 19.6 Å². The molecule has 152 valence electrons. The van der Waals surface area contributed by atoms with Gasteiger partial charge in [-0.2, -0.15) is 9.78 Å². The van der Waals surface area contributed by atoms with Gasteiger partial charge in [0.2, 0.25) is 0 Å². The van der Waals surface area contributed by atoms with Gasteiger partial charge >= 0.3 is 0 Å². The molecule has 3 rings (SSSR count). The number of anilines is 1. The van der Waals surface area contributed by atoms with Crippen LogP contribution in [0.5, 0.6) is 0 Å². The number of nitrogens with zero attached hydrogens (tertiary/aromatic N) is 4. The molecule has 0 bridgehead atoms.